The minimum atomic E-state index is -4.91. The van der Waals surface area contributed by atoms with Crippen LogP contribution in [-0.2, 0) is 15.0 Å². The van der Waals surface area contributed by atoms with Gasteiger partial charge in [0.2, 0.25) is 5.91 Å². The summed E-state index contributed by atoms with van der Waals surface area (Å²) in [5.74, 6) is -4.30. The van der Waals surface area contributed by atoms with Crippen molar-refractivity contribution >= 4 is 23.7 Å². The third kappa shape index (κ3) is 5.76. The Hall–Kier alpha value is -4.94. The highest BCUT2D eigenvalue weighted by Gasteiger charge is 2.47. The van der Waals surface area contributed by atoms with Gasteiger partial charge in [-0.15, -0.1) is 0 Å². The molecule has 1 aromatic heterocycles. The van der Waals surface area contributed by atoms with E-state index in [9.17, 15) is 27.2 Å². The molecule has 42 heavy (non-hydrogen) atoms. The molecule has 3 aromatic rings. The van der Waals surface area contributed by atoms with Gasteiger partial charge in [0.1, 0.15) is 40.9 Å². The molecule has 0 radical (unpaired) electrons. The first-order valence-electron chi connectivity index (χ1n) is 12.5. The van der Waals surface area contributed by atoms with Gasteiger partial charge >= 0.3 is 6.18 Å². The van der Waals surface area contributed by atoms with E-state index >= 15 is 0 Å². The quantitative estimate of drug-likeness (QED) is 0.170. The van der Waals surface area contributed by atoms with Crippen molar-refractivity contribution in [1.29, 1.82) is 5.41 Å². The Bertz CT molecular complexity index is 1570. The summed E-state index contributed by atoms with van der Waals surface area (Å²) >= 11 is 0. The number of nitrogens with one attached hydrogen (secondary N) is 2. The molecule has 0 aliphatic carbocycles. The SMILES string of the molecule is COc1cccc(C(N)=C(C=N)C(=O)NCC(c2cc3c(c(-c4ccc(F)cc4)n2)OC[C@]3(C)C(N)=O)C(F)(F)F)c1. The van der Waals surface area contributed by atoms with Crippen LogP contribution in [0.15, 0.2) is 60.2 Å². The van der Waals surface area contributed by atoms with Crippen LogP contribution in [0.2, 0.25) is 0 Å². The van der Waals surface area contributed by atoms with Crippen LogP contribution < -0.4 is 26.3 Å². The lowest BCUT2D eigenvalue weighted by Gasteiger charge is -2.24. The van der Waals surface area contributed by atoms with E-state index in [-0.39, 0.29) is 40.4 Å². The third-order valence-electron chi connectivity index (χ3n) is 7.03. The predicted octanol–water partition coefficient (Wildman–Crippen LogP) is 3.81. The minimum Gasteiger partial charge on any atom is -0.497 e. The molecule has 13 heteroatoms. The lowest BCUT2D eigenvalue weighted by Crippen LogP contribution is -2.40. The lowest BCUT2D eigenvalue weighted by molar-refractivity contribution is -0.151. The van der Waals surface area contributed by atoms with Crippen molar-refractivity contribution in [3.05, 3.63) is 82.8 Å². The summed E-state index contributed by atoms with van der Waals surface area (Å²) in [6.45, 7) is 0.224. The fraction of sp³-hybridized carbons (Fsp3) is 0.241. The van der Waals surface area contributed by atoms with Gasteiger partial charge in [-0.3, -0.25) is 9.59 Å². The lowest BCUT2D eigenvalue weighted by atomic mass is 9.82. The zero-order valence-electron chi connectivity index (χ0n) is 22.5. The highest BCUT2D eigenvalue weighted by atomic mass is 19.4. The number of carbonyl (C=O) groups excluding carboxylic acids is 2. The largest absolute Gasteiger partial charge is 0.497 e. The molecule has 2 atom stereocenters. The van der Waals surface area contributed by atoms with Crippen molar-refractivity contribution in [1.82, 2.24) is 10.3 Å². The molecule has 0 saturated heterocycles. The Morgan fingerprint density at radius 3 is 2.48 bits per heavy atom. The van der Waals surface area contributed by atoms with Crippen molar-refractivity contribution < 1.29 is 36.6 Å². The topological polar surface area (TPSA) is 153 Å². The van der Waals surface area contributed by atoms with Crippen LogP contribution in [0.3, 0.4) is 0 Å². The number of alkyl halides is 3. The molecule has 9 nitrogen and oxygen atoms in total. The van der Waals surface area contributed by atoms with Crippen LogP contribution in [0.1, 0.15) is 29.7 Å². The summed E-state index contributed by atoms with van der Waals surface area (Å²) in [5, 5.41) is 9.88. The van der Waals surface area contributed by atoms with E-state index in [1.54, 1.807) is 18.2 Å². The summed E-state index contributed by atoms with van der Waals surface area (Å²) in [4.78, 5) is 29.5. The Morgan fingerprint density at radius 1 is 1.19 bits per heavy atom. The second-order valence-corrected chi connectivity index (χ2v) is 9.77. The number of ether oxygens (including phenoxy) is 2. The molecule has 1 aliphatic rings. The summed E-state index contributed by atoms with van der Waals surface area (Å²) in [5.41, 5.74) is 9.78. The fourth-order valence-corrected chi connectivity index (χ4v) is 4.48. The van der Waals surface area contributed by atoms with Crippen molar-refractivity contribution in [2.24, 2.45) is 11.5 Å². The number of pyridine rings is 1. The highest BCUT2D eigenvalue weighted by Crippen LogP contribution is 2.46. The second kappa shape index (κ2) is 11.5. The maximum absolute atomic E-state index is 14.5. The number of benzene rings is 2. The van der Waals surface area contributed by atoms with Crippen LogP contribution in [0.4, 0.5) is 17.6 Å². The van der Waals surface area contributed by atoms with E-state index in [4.69, 9.17) is 26.4 Å². The number of primary amides is 1. The standard InChI is InChI=1S/C29H27F4N5O4/c1-28(27(36)40)14-42-25-20(28)11-22(38-24(25)15-6-8-17(30)9-7-15)21(29(31,32)33)13-37-26(39)19(12-34)23(35)16-4-3-5-18(10-16)41-2/h3-12,21,34H,13-14,35H2,1-2H3,(H2,36,40)(H,37,39)/t21?,28-/m0/s1. The van der Waals surface area contributed by atoms with Crippen LogP contribution >= 0.6 is 0 Å². The number of rotatable bonds is 9. The van der Waals surface area contributed by atoms with Gasteiger partial charge < -0.3 is 31.7 Å². The second-order valence-electron chi connectivity index (χ2n) is 9.77. The molecule has 2 heterocycles. The van der Waals surface area contributed by atoms with Crippen molar-refractivity contribution in [3.63, 3.8) is 0 Å². The average Bonchev–Trinajstić information content (AvgIpc) is 3.30. The zero-order chi connectivity index (χ0) is 30.8. The molecular formula is C29H27F4N5O4. The Balaban J connectivity index is 1.75. The number of carbonyl (C=O) groups is 2. The first-order valence-corrected chi connectivity index (χ1v) is 12.5. The van der Waals surface area contributed by atoms with Gasteiger partial charge in [0, 0.05) is 29.4 Å². The Labute approximate surface area is 238 Å². The number of amides is 2. The zero-order valence-corrected chi connectivity index (χ0v) is 22.5. The summed E-state index contributed by atoms with van der Waals surface area (Å²) in [6, 6.07) is 12.2. The molecule has 0 bridgehead atoms. The van der Waals surface area contributed by atoms with Gasteiger partial charge in [0.05, 0.1) is 24.1 Å². The van der Waals surface area contributed by atoms with Gasteiger partial charge in [-0.2, -0.15) is 13.2 Å². The normalized spacial score (nSPS) is 17.4. The molecule has 1 aliphatic heterocycles. The number of hydrogen-bond donors (Lipinski definition) is 4. The van der Waals surface area contributed by atoms with Gasteiger partial charge in [0.25, 0.3) is 5.91 Å². The van der Waals surface area contributed by atoms with Gasteiger partial charge in [0.15, 0.2) is 0 Å². The monoisotopic (exact) mass is 585 g/mol. The van der Waals surface area contributed by atoms with E-state index in [0.717, 1.165) is 18.2 Å². The van der Waals surface area contributed by atoms with E-state index in [1.807, 2.05) is 0 Å². The minimum absolute atomic E-state index is 0.0459. The highest BCUT2D eigenvalue weighted by molar-refractivity contribution is 6.17. The third-order valence-corrected chi connectivity index (χ3v) is 7.03. The number of fused-ring (bicyclic) bond motifs is 1. The van der Waals surface area contributed by atoms with Gasteiger partial charge in [-0.1, -0.05) is 12.1 Å². The molecule has 2 amide bonds. The van der Waals surface area contributed by atoms with E-state index in [0.29, 0.717) is 17.5 Å². The number of methoxy groups -OCH3 is 1. The fourth-order valence-electron chi connectivity index (χ4n) is 4.48. The van der Waals surface area contributed by atoms with Crippen LogP contribution in [0.25, 0.3) is 17.0 Å². The summed E-state index contributed by atoms with van der Waals surface area (Å²) in [6.07, 6.45) is -4.27. The summed E-state index contributed by atoms with van der Waals surface area (Å²) in [7, 11) is 1.42. The van der Waals surface area contributed by atoms with Crippen molar-refractivity contribution in [2.75, 3.05) is 20.3 Å². The molecule has 2 aromatic carbocycles. The number of halogens is 4. The maximum atomic E-state index is 14.5. The number of aromatic nitrogens is 1. The number of hydrogen-bond acceptors (Lipinski definition) is 7. The first-order chi connectivity index (χ1) is 19.8. The average molecular weight is 586 g/mol. The van der Waals surface area contributed by atoms with Crippen LogP contribution in [0.5, 0.6) is 11.5 Å². The van der Waals surface area contributed by atoms with Crippen molar-refractivity contribution in [2.45, 2.75) is 24.4 Å². The van der Waals surface area contributed by atoms with Gasteiger partial charge in [-0.25, -0.2) is 9.37 Å². The smallest absolute Gasteiger partial charge is 0.398 e. The molecule has 4 rings (SSSR count). The molecule has 0 spiro atoms. The van der Waals surface area contributed by atoms with Crippen LogP contribution in [0, 0.1) is 11.2 Å². The molecule has 0 saturated carbocycles. The molecule has 6 N–H and O–H groups in total. The maximum Gasteiger partial charge on any atom is 0.398 e. The number of nitrogens with two attached hydrogens (primary N) is 2. The van der Waals surface area contributed by atoms with Gasteiger partial charge in [-0.05, 0) is 49.4 Å². The molecule has 0 fully saturated rings. The van der Waals surface area contributed by atoms with E-state index in [2.05, 4.69) is 10.3 Å². The van der Waals surface area contributed by atoms with Crippen LogP contribution in [-0.4, -0.2) is 49.5 Å². The molecule has 1 unspecified atom stereocenters. The molecular weight excluding hydrogens is 558 g/mol. The predicted molar refractivity (Wildman–Crippen MR) is 146 cm³/mol. The summed E-state index contributed by atoms with van der Waals surface area (Å²) < 4.78 is 67.8. The molecule has 220 valence electrons. The van der Waals surface area contributed by atoms with E-state index in [1.165, 1.54) is 32.2 Å². The first kappa shape index (κ1) is 30.0. The van der Waals surface area contributed by atoms with Crippen molar-refractivity contribution in [3.8, 4) is 22.8 Å². The Kier molecular flexibility index (Phi) is 8.23. The van der Waals surface area contributed by atoms with E-state index < -0.39 is 47.4 Å². The number of nitrogens with zero attached hydrogens (tertiary/aromatic N) is 1. The Morgan fingerprint density at radius 2 is 1.88 bits per heavy atom.